The summed E-state index contributed by atoms with van der Waals surface area (Å²) in [5.41, 5.74) is -3.05. The van der Waals surface area contributed by atoms with Gasteiger partial charge in [0.1, 0.15) is 17.6 Å². The number of rotatable bonds is 12. The molecular weight excluding hydrogens is 683 g/mol. The van der Waals surface area contributed by atoms with Gasteiger partial charge < -0.3 is 26.2 Å². The molecule has 0 spiro atoms. The van der Waals surface area contributed by atoms with Crippen LogP contribution in [0.4, 0.5) is 4.79 Å². The van der Waals surface area contributed by atoms with Gasteiger partial charge >= 0.3 is 6.03 Å². The first kappa shape index (κ1) is 40.5. The van der Waals surface area contributed by atoms with Crippen molar-refractivity contribution in [1.29, 1.82) is 0 Å². The molecule has 3 unspecified atom stereocenters. The van der Waals surface area contributed by atoms with Crippen LogP contribution in [0.5, 0.6) is 0 Å². The zero-order chi connectivity index (χ0) is 38.7. The van der Waals surface area contributed by atoms with E-state index in [0.717, 1.165) is 51.4 Å². The SMILES string of the molecule is CCNC(=O)C(=O)C1(NC(=O)[C@@H]2C3C(CN2C(=O)[C@H](NC(=O)NC2([C@@H](C)S(=O)(=O)C(C)(C)C)CCCCC2)C2(C)CCCCC2)C3(C)C)C[C@@H]1CC. The first-order chi connectivity index (χ1) is 24.1. The minimum atomic E-state index is -3.64. The van der Waals surface area contributed by atoms with Crippen LogP contribution in [0.15, 0.2) is 0 Å². The number of likely N-dealkylation sites (N-methyl/N-ethyl adjacent to an activating group) is 1. The number of carbonyl (C=O) groups is 5. The molecule has 0 bridgehead atoms. The van der Waals surface area contributed by atoms with Gasteiger partial charge in [-0.2, -0.15) is 0 Å². The Labute approximate surface area is 311 Å². The van der Waals surface area contributed by atoms with Crippen LogP contribution in [-0.2, 0) is 29.0 Å². The third-order valence-corrected chi connectivity index (χ3v) is 17.2. The molecule has 7 atom stereocenters. The Morgan fingerprint density at radius 2 is 1.44 bits per heavy atom. The van der Waals surface area contributed by atoms with Crippen molar-refractivity contribution in [1.82, 2.24) is 26.2 Å². The van der Waals surface area contributed by atoms with E-state index in [-0.39, 0.29) is 29.1 Å². The van der Waals surface area contributed by atoms with Crippen molar-refractivity contribution in [2.24, 2.45) is 28.6 Å². The summed E-state index contributed by atoms with van der Waals surface area (Å²) in [5, 5.41) is 11.0. The lowest BCUT2D eigenvalue weighted by Crippen LogP contribution is -2.66. The van der Waals surface area contributed by atoms with Crippen molar-refractivity contribution in [3.8, 4) is 0 Å². The van der Waals surface area contributed by atoms with E-state index in [1.54, 1.807) is 39.5 Å². The van der Waals surface area contributed by atoms with Gasteiger partial charge in [-0.1, -0.05) is 72.6 Å². The van der Waals surface area contributed by atoms with E-state index in [1.165, 1.54) is 0 Å². The van der Waals surface area contributed by atoms with Crippen LogP contribution in [0.1, 0.15) is 139 Å². The Bertz CT molecular complexity index is 1540. The third kappa shape index (κ3) is 7.01. The second kappa shape index (κ2) is 14.2. The maximum atomic E-state index is 15.0. The van der Waals surface area contributed by atoms with Crippen LogP contribution < -0.4 is 21.3 Å². The van der Waals surface area contributed by atoms with Gasteiger partial charge in [0.2, 0.25) is 17.6 Å². The fourth-order valence-corrected chi connectivity index (χ4v) is 12.2. The van der Waals surface area contributed by atoms with Gasteiger partial charge in [-0.15, -0.1) is 0 Å². The first-order valence-corrected chi connectivity index (χ1v) is 21.5. The van der Waals surface area contributed by atoms with Crippen molar-refractivity contribution in [2.45, 2.75) is 173 Å². The number of hydrogen-bond donors (Lipinski definition) is 4. The standard InChI is InChI=1S/C39H65N5O7S/c1-10-25-22-39(25,30(45)32(47)40-11-2)42-31(46)28-27-26(36(27,7)8)23-44(28)33(48)29(37(9)18-14-12-15-19-37)41-34(49)43-38(20-16-13-17-21-38)24(3)52(50,51)35(4,5)6/h24-29H,10-23H2,1-9H3,(H,40,47)(H,42,46)(H2,41,43,49)/t24-,25+,26?,27?,28+,29+,39?/m1/s1. The van der Waals surface area contributed by atoms with Crippen LogP contribution in [0, 0.1) is 28.6 Å². The van der Waals surface area contributed by atoms with Crippen molar-refractivity contribution < 1.29 is 32.4 Å². The normalized spacial score (nSPS) is 31.3. The Balaban J connectivity index is 1.43. The number of amides is 5. The molecule has 0 aromatic carbocycles. The Morgan fingerprint density at radius 1 is 0.865 bits per heavy atom. The molecule has 13 heteroatoms. The number of Topliss-reactive ketones (excluding diaryl/α,β-unsaturated/α-hetero) is 1. The third-order valence-electron chi connectivity index (χ3n) is 14.1. The number of hydrogen-bond acceptors (Lipinski definition) is 7. The fraction of sp³-hybridized carbons (Fsp3) is 0.872. The predicted octanol–water partition coefficient (Wildman–Crippen LogP) is 4.40. The highest BCUT2D eigenvalue weighted by Crippen LogP contribution is 2.65. The summed E-state index contributed by atoms with van der Waals surface area (Å²) < 4.78 is 26.5. The van der Waals surface area contributed by atoms with Crippen LogP contribution in [0.2, 0.25) is 0 Å². The van der Waals surface area contributed by atoms with Crippen LogP contribution in [0.25, 0.3) is 0 Å². The van der Waals surface area contributed by atoms with Crippen LogP contribution in [-0.4, -0.2) is 89.1 Å². The zero-order valence-corrected chi connectivity index (χ0v) is 33.9. The maximum Gasteiger partial charge on any atom is 0.315 e. The van der Waals surface area contributed by atoms with E-state index in [0.29, 0.717) is 38.8 Å². The molecule has 1 saturated heterocycles. The second-order valence-electron chi connectivity index (χ2n) is 18.6. The van der Waals surface area contributed by atoms with Gasteiger partial charge in [0.05, 0.1) is 15.5 Å². The topological polar surface area (TPSA) is 171 Å². The van der Waals surface area contributed by atoms with Crippen LogP contribution >= 0.6 is 0 Å². The molecule has 52 heavy (non-hydrogen) atoms. The molecule has 0 radical (unpaired) electrons. The highest BCUT2D eigenvalue weighted by Gasteiger charge is 2.71. The summed E-state index contributed by atoms with van der Waals surface area (Å²) in [4.78, 5) is 71.3. The molecule has 5 amide bonds. The molecular formula is C39H65N5O7S. The average Bonchev–Trinajstić information content (AvgIpc) is 3.84. The maximum absolute atomic E-state index is 15.0. The number of urea groups is 1. The van der Waals surface area contributed by atoms with Crippen molar-refractivity contribution in [3.05, 3.63) is 0 Å². The molecule has 4 N–H and O–H groups in total. The second-order valence-corrected chi connectivity index (χ2v) is 21.6. The molecule has 1 aliphatic heterocycles. The first-order valence-electron chi connectivity index (χ1n) is 19.9. The molecule has 12 nitrogen and oxygen atoms in total. The Hall–Kier alpha value is -2.70. The smallest absolute Gasteiger partial charge is 0.315 e. The molecule has 0 aromatic rings. The molecule has 4 aliphatic carbocycles. The summed E-state index contributed by atoms with van der Waals surface area (Å²) in [6.45, 7) is 17.3. The fourth-order valence-electron chi connectivity index (χ4n) is 10.2. The highest BCUT2D eigenvalue weighted by molar-refractivity contribution is 7.93. The number of sulfone groups is 1. The van der Waals surface area contributed by atoms with Crippen molar-refractivity contribution in [3.63, 3.8) is 0 Å². The van der Waals surface area contributed by atoms with Gasteiger partial charge in [0, 0.05) is 13.1 Å². The molecule has 4 saturated carbocycles. The number of likely N-dealkylation sites (tertiary alicyclic amines) is 1. The summed E-state index contributed by atoms with van der Waals surface area (Å²) in [6, 6.07) is -2.37. The highest BCUT2D eigenvalue weighted by atomic mass is 32.2. The quantitative estimate of drug-likeness (QED) is 0.215. The van der Waals surface area contributed by atoms with E-state index < -0.39 is 72.0 Å². The summed E-state index contributed by atoms with van der Waals surface area (Å²) in [7, 11) is -3.64. The average molecular weight is 748 g/mol. The number of piperidine rings is 1. The number of ketones is 1. The van der Waals surface area contributed by atoms with Gasteiger partial charge in [-0.25, -0.2) is 13.2 Å². The molecule has 5 aliphatic rings. The van der Waals surface area contributed by atoms with E-state index in [1.807, 2.05) is 13.8 Å². The van der Waals surface area contributed by atoms with E-state index in [9.17, 15) is 32.4 Å². The molecule has 5 rings (SSSR count). The van der Waals surface area contributed by atoms with Crippen LogP contribution in [0.3, 0.4) is 0 Å². The number of nitrogens with one attached hydrogen (secondary N) is 4. The Morgan fingerprint density at radius 3 is 1.96 bits per heavy atom. The summed E-state index contributed by atoms with van der Waals surface area (Å²) in [5.74, 6) is -2.36. The molecule has 1 heterocycles. The largest absolute Gasteiger partial charge is 0.350 e. The lowest BCUT2D eigenvalue weighted by molar-refractivity contribution is -0.146. The number of fused-ring (bicyclic) bond motifs is 1. The van der Waals surface area contributed by atoms with E-state index in [2.05, 4.69) is 35.1 Å². The van der Waals surface area contributed by atoms with Crippen molar-refractivity contribution >= 4 is 39.4 Å². The molecule has 294 valence electrons. The predicted molar refractivity (Wildman–Crippen MR) is 200 cm³/mol. The van der Waals surface area contributed by atoms with Gasteiger partial charge in [0.25, 0.3) is 5.91 Å². The minimum Gasteiger partial charge on any atom is -0.350 e. The monoisotopic (exact) mass is 747 g/mol. The van der Waals surface area contributed by atoms with Gasteiger partial charge in [-0.05, 0) is 95.3 Å². The van der Waals surface area contributed by atoms with Gasteiger partial charge in [-0.3, -0.25) is 19.2 Å². The van der Waals surface area contributed by atoms with E-state index >= 15 is 0 Å². The number of carbonyl (C=O) groups excluding carboxylic acids is 5. The Kier molecular flexibility index (Phi) is 11.0. The number of nitrogens with zero attached hydrogens (tertiary/aromatic N) is 1. The van der Waals surface area contributed by atoms with E-state index in [4.69, 9.17) is 0 Å². The molecule has 0 aromatic heterocycles. The zero-order valence-electron chi connectivity index (χ0n) is 33.1. The minimum absolute atomic E-state index is 0.0750. The lowest BCUT2D eigenvalue weighted by atomic mass is 9.70. The summed E-state index contributed by atoms with van der Waals surface area (Å²) in [6.07, 6.45) is 8.84. The summed E-state index contributed by atoms with van der Waals surface area (Å²) >= 11 is 0. The molecule has 5 fully saturated rings. The van der Waals surface area contributed by atoms with Gasteiger partial charge in [0.15, 0.2) is 9.84 Å². The van der Waals surface area contributed by atoms with Crippen molar-refractivity contribution in [2.75, 3.05) is 13.1 Å². The lowest BCUT2D eigenvalue weighted by Gasteiger charge is -2.46.